The Hall–Kier alpha value is -1.12. The molecule has 0 aliphatic carbocycles. The summed E-state index contributed by atoms with van der Waals surface area (Å²) in [6.45, 7) is 2.06. The first-order valence-electron chi connectivity index (χ1n) is 7.59. The van der Waals surface area contributed by atoms with Gasteiger partial charge in [0.15, 0.2) is 0 Å². The molecule has 0 N–H and O–H groups in total. The number of carbonyl (C=O) groups is 2. The maximum Gasteiger partial charge on any atom is 0.317 e. The predicted octanol–water partition coefficient (Wildman–Crippen LogP) is 4.16. The molecular formula is C16H26O3. The van der Waals surface area contributed by atoms with Crippen molar-refractivity contribution in [2.75, 3.05) is 0 Å². The smallest absolute Gasteiger partial charge is 0.317 e. The molecule has 3 heteroatoms. The van der Waals surface area contributed by atoms with E-state index in [1.54, 1.807) is 0 Å². The Kier molecular flexibility index (Phi) is 8.19. The topological polar surface area (TPSA) is 43.4 Å². The van der Waals surface area contributed by atoms with E-state index in [0.717, 1.165) is 19.3 Å². The Labute approximate surface area is 116 Å². The van der Waals surface area contributed by atoms with E-state index in [1.165, 1.54) is 38.5 Å². The largest absolute Gasteiger partial charge is 0.393 e. The lowest BCUT2D eigenvalue weighted by Crippen LogP contribution is -2.06. The Morgan fingerprint density at radius 1 is 1.05 bits per heavy atom. The van der Waals surface area contributed by atoms with Gasteiger partial charge >= 0.3 is 11.9 Å². The summed E-state index contributed by atoms with van der Waals surface area (Å²) >= 11 is 0. The van der Waals surface area contributed by atoms with Gasteiger partial charge in [0.1, 0.15) is 0 Å². The van der Waals surface area contributed by atoms with Gasteiger partial charge < -0.3 is 4.74 Å². The molecule has 0 aromatic heterocycles. The van der Waals surface area contributed by atoms with Gasteiger partial charge in [-0.15, -0.1) is 0 Å². The zero-order valence-electron chi connectivity index (χ0n) is 12.0. The number of ether oxygens (including phenoxy) is 1. The third kappa shape index (κ3) is 7.14. The maximum atomic E-state index is 11.2. The van der Waals surface area contributed by atoms with Crippen LogP contribution in [0.25, 0.3) is 0 Å². The van der Waals surface area contributed by atoms with Crippen molar-refractivity contribution in [3.63, 3.8) is 0 Å². The second-order valence-electron chi connectivity index (χ2n) is 5.32. The van der Waals surface area contributed by atoms with Crippen LogP contribution in [0.15, 0.2) is 12.2 Å². The quantitative estimate of drug-likeness (QED) is 0.258. The van der Waals surface area contributed by atoms with Gasteiger partial charge in [-0.2, -0.15) is 0 Å². The zero-order chi connectivity index (χ0) is 13.9. The van der Waals surface area contributed by atoms with Crippen molar-refractivity contribution in [1.82, 2.24) is 0 Å². The van der Waals surface area contributed by atoms with Crippen LogP contribution in [-0.2, 0) is 14.3 Å². The summed E-state index contributed by atoms with van der Waals surface area (Å²) in [7, 11) is 0. The average Bonchev–Trinajstić information content (AvgIpc) is 2.70. The Morgan fingerprint density at radius 2 is 1.68 bits per heavy atom. The van der Waals surface area contributed by atoms with E-state index < -0.39 is 0 Å². The number of allylic oxidation sites excluding steroid dienone is 2. The fraction of sp³-hybridized carbons (Fsp3) is 0.750. The number of esters is 2. The monoisotopic (exact) mass is 266 g/mol. The molecule has 0 aromatic carbocycles. The van der Waals surface area contributed by atoms with Gasteiger partial charge in [-0.05, 0) is 26.2 Å². The molecule has 1 rings (SSSR count). The van der Waals surface area contributed by atoms with E-state index >= 15 is 0 Å². The van der Waals surface area contributed by atoms with Gasteiger partial charge in [0.25, 0.3) is 0 Å². The molecule has 0 aromatic rings. The lowest BCUT2D eigenvalue weighted by atomic mass is 9.99. The van der Waals surface area contributed by atoms with Crippen molar-refractivity contribution in [3.8, 4) is 0 Å². The summed E-state index contributed by atoms with van der Waals surface area (Å²) in [4.78, 5) is 22.1. The summed E-state index contributed by atoms with van der Waals surface area (Å²) in [5.74, 6) is -0.821. The van der Waals surface area contributed by atoms with E-state index in [-0.39, 0.29) is 17.9 Å². The standard InChI is InChI=1S/C16H26O3/c1-2-3-4-5-6-7-8-9-10-11-12-14-13-15(17)19-16(14)18/h2-3,14H,4-13H2,1H3/b3-2+/t14-/m1/s1. The number of hydrogen-bond acceptors (Lipinski definition) is 3. The van der Waals surface area contributed by atoms with E-state index in [2.05, 4.69) is 23.8 Å². The lowest BCUT2D eigenvalue weighted by Gasteiger charge is -2.04. The molecule has 1 fully saturated rings. The maximum absolute atomic E-state index is 11.2. The average molecular weight is 266 g/mol. The fourth-order valence-corrected chi connectivity index (χ4v) is 2.45. The van der Waals surface area contributed by atoms with Crippen molar-refractivity contribution in [1.29, 1.82) is 0 Å². The second kappa shape index (κ2) is 9.76. The van der Waals surface area contributed by atoms with Crippen LogP contribution in [0.3, 0.4) is 0 Å². The van der Waals surface area contributed by atoms with Crippen molar-refractivity contribution < 1.29 is 14.3 Å². The molecule has 1 saturated heterocycles. The second-order valence-corrected chi connectivity index (χ2v) is 5.32. The molecule has 1 heterocycles. The Morgan fingerprint density at radius 3 is 2.26 bits per heavy atom. The normalized spacial score (nSPS) is 19.3. The van der Waals surface area contributed by atoms with E-state index in [0.29, 0.717) is 6.42 Å². The molecule has 0 spiro atoms. The lowest BCUT2D eigenvalue weighted by molar-refractivity contribution is -0.153. The highest BCUT2D eigenvalue weighted by Crippen LogP contribution is 2.22. The Bertz CT molecular complexity index is 307. The van der Waals surface area contributed by atoms with Gasteiger partial charge in [-0.3, -0.25) is 9.59 Å². The van der Waals surface area contributed by atoms with Crippen LogP contribution < -0.4 is 0 Å². The number of unbranched alkanes of at least 4 members (excludes halogenated alkanes) is 7. The van der Waals surface area contributed by atoms with Crippen LogP contribution in [0.1, 0.15) is 71.1 Å². The number of carbonyl (C=O) groups excluding carboxylic acids is 2. The molecule has 1 aliphatic rings. The summed E-state index contributed by atoms with van der Waals surface area (Å²) in [5.41, 5.74) is 0. The van der Waals surface area contributed by atoms with Crippen LogP contribution in [0.4, 0.5) is 0 Å². The number of cyclic esters (lactones) is 2. The summed E-state index contributed by atoms with van der Waals surface area (Å²) in [5, 5.41) is 0. The van der Waals surface area contributed by atoms with Crippen molar-refractivity contribution >= 4 is 11.9 Å². The first kappa shape index (κ1) is 15.9. The molecule has 0 amide bonds. The van der Waals surface area contributed by atoms with E-state index in [1.807, 2.05) is 0 Å². The fourth-order valence-electron chi connectivity index (χ4n) is 2.45. The van der Waals surface area contributed by atoms with Crippen molar-refractivity contribution in [3.05, 3.63) is 12.2 Å². The van der Waals surface area contributed by atoms with Crippen LogP contribution >= 0.6 is 0 Å². The third-order valence-electron chi connectivity index (χ3n) is 3.62. The first-order valence-corrected chi connectivity index (χ1v) is 7.59. The minimum Gasteiger partial charge on any atom is -0.393 e. The molecule has 0 unspecified atom stereocenters. The highest BCUT2D eigenvalue weighted by atomic mass is 16.6. The van der Waals surface area contributed by atoms with E-state index in [9.17, 15) is 9.59 Å². The van der Waals surface area contributed by atoms with Crippen LogP contribution in [0.2, 0.25) is 0 Å². The van der Waals surface area contributed by atoms with Gasteiger partial charge in [0.2, 0.25) is 0 Å². The highest BCUT2D eigenvalue weighted by Gasteiger charge is 2.32. The van der Waals surface area contributed by atoms with Crippen LogP contribution in [0.5, 0.6) is 0 Å². The van der Waals surface area contributed by atoms with Gasteiger partial charge in [0.05, 0.1) is 12.3 Å². The van der Waals surface area contributed by atoms with Crippen molar-refractivity contribution in [2.45, 2.75) is 71.1 Å². The van der Waals surface area contributed by atoms with Gasteiger partial charge in [-0.1, -0.05) is 50.7 Å². The molecule has 0 saturated carbocycles. The zero-order valence-corrected chi connectivity index (χ0v) is 12.0. The SMILES string of the molecule is C/C=C/CCCCCCCCC[C@@H]1CC(=O)OC1=O. The minimum absolute atomic E-state index is 0.159. The van der Waals surface area contributed by atoms with Crippen LogP contribution in [0, 0.1) is 5.92 Å². The minimum atomic E-state index is -0.351. The first-order chi connectivity index (χ1) is 9.24. The van der Waals surface area contributed by atoms with Crippen LogP contribution in [-0.4, -0.2) is 11.9 Å². The molecule has 1 aliphatic heterocycles. The number of rotatable bonds is 10. The molecule has 0 bridgehead atoms. The molecule has 3 nitrogen and oxygen atoms in total. The highest BCUT2D eigenvalue weighted by molar-refractivity contribution is 5.94. The molecule has 19 heavy (non-hydrogen) atoms. The predicted molar refractivity (Wildman–Crippen MR) is 75.6 cm³/mol. The van der Waals surface area contributed by atoms with Crippen molar-refractivity contribution in [2.24, 2.45) is 5.92 Å². The summed E-state index contributed by atoms with van der Waals surface area (Å²) in [6, 6.07) is 0. The van der Waals surface area contributed by atoms with Gasteiger partial charge in [-0.25, -0.2) is 0 Å². The summed E-state index contributed by atoms with van der Waals surface area (Å²) < 4.78 is 4.53. The van der Waals surface area contributed by atoms with E-state index in [4.69, 9.17) is 0 Å². The molecule has 0 radical (unpaired) electrons. The molecular weight excluding hydrogens is 240 g/mol. The number of hydrogen-bond donors (Lipinski definition) is 0. The summed E-state index contributed by atoms with van der Waals surface area (Å²) in [6.07, 6.45) is 15.3. The molecule has 108 valence electrons. The molecule has 1 atom stereocenters. The Balaban J connectivity index is 1.86. The van der Waals surface area contributed by atoms with Gasteiger partial charge in [0, 0.05) is 0 Å². The third-order valence-corrected chi connectivity index (χ3v) is 3.62.